The van der Waals surface area contributed by atoms with Crippen LogP contribution in [0, 0.1) is 0 Å². The van der Waals surface area contributed by atoms with Gasteiger partial charge in [0.15, 0.2) is 6.79 Å². The van der Waals surface area contributed by atoms with Crippen molar-refractivity contribution in [1.82, 2.24) is 0 Å². The van der Waals surface area contributed by atoms with Gasteiger partial charge in [0.1, 0.15) is 0 Å². The van der Waals surface area contributed by atoms with Crippen LogP contribution in [-0.4, -0.2) is 12.6 Å². The monoisotopic (exact) mass is 156 g/mol. The summed E-state index contributed by atoms with van der Waals surface area (Å²) in [5.41, 5.74) is 1.02. The summed E-state index contributed by atoms with van der Waals surface area (Å²) in [5.74, 6) is -0.585. The van der Waals surface area contributed by atoms with Gasteiger partial charge in [0, 0.05) is 6.42 Å². The van der Waals surface area contributed by atoms with Gasteiger partial charge in [0.25, 0.3) is 0 Å². The minimum atomic E-state index is -0.585. The van der Waals surface area contributed by atoms with Gasteiger partial charge in [0.2, 0.25) is 5.79 Å². The van der Waals surface area contributed by atoms with E-state index in [0.29, 0.717) is 0 Å². The number of ether oxygens (including phenoxy) is 1. The Hall–Kier alpha value is -0.380. The van der Waals surface area contributed by atoms with E-state index in [9.17, 15) is 0 Å². The van der Waals surface area contributed by atoms with Crippen LogP contribution in [-0.2, 0) is 14.5 Å². The maximum Gasteiger partial charge on any atom is 0.225 e. The lowest BCUT2D eigenvalue weighted by molar-refractivity contribution is -0.312. The first-order valence-corrected chi connectivity index (χ1v) is 3.96. The Morgan fingerprint density at radius 3 is 2.91 bits per heavy atom. The van der Waals surface area contributed by atoms with Crippen molar-refractivity contribution in [1.29, 1.82) is 0 Å². The highest BCUT2D eigenvalue weighted by atomic mass is 17.3. The largest absolute Gasteiger partial charge is 0.314 e. The molecule has 2 aliphatic rings. The van der Waals surface area contributed by atoms with Crippen LogP contribution in [0.15, 0.2) is 12.2 Å². The van der Waals surface area contributed by atoms with Crippen LogP contribution in [0.4, 0.5) is 0 Å². The quantitative estimate of drug-likeness (QED) is 0.395. The van der Waals surface area contributed by atoms with Crippen molar-refractivity contribution in [2.24, 2.45) is 0 Å². The van der Waals surface area contributed by atoms with Gasteiger partial charge in [-0.3, -0.25) is 0 Å². The summed E-state index contributed by atoms with van der Waals surface area (Å²) >= 11 is 0. The van der Waals surface area contributed by atoms with Crippen molar-refractivity contribution < 1.29 is 14.5 Å². The molecule has 1 aliphatic heterocycles. The van der Waals surface area contributed by atoms with Crippen molar-refractivity contribution in [2.45, 2.75) is 31.5 Å². The van der Waals surface area contributed by atoms with Gasteiger partial charge in [0.05, 0.1) is 0 Å². The molecule has 0 aromatic heterocycles. The second-order valence-electron chi connectivity index (χ2n) is 3.03. The fourth-order valence-electron chi connectivity index (χ4n) is 1.60. The van der Waals surface area contributed by atoms with Gasteiger partial charge < -0.3 is 4.74 Å². The SMILES string of the molecule is C=C1CCCCC12OCOO2. The molecule has 1 saturated carbocycles. The van der Waals surface area contributed by atoms with Crippen LogP contribution in [0.3, 0.4) is 0 Å². The molecule has 3 heteroatoms. The average Bonchev–Trinajstić information content (AvgIpc) is 2.46. The molecule has 0 N–H and O–H groups in total. The van der Waals surface area contributed by atoms with Crippen LogP contribution in [0.5, 0.6) is 0 Å². The minimum absolute atomic E-state index is 0.235. The van der Waals surface area contributed by atoms with Crippen LogP contribution in [0.1, 0.15) is 25.7 Å². The van der Waals surface area contributed by atoms with E-state index >= 15 is 0 Å². The molecule has 2 rings (SSSR count). The van der Waals surface area contributed by atoms with Crippen molar-refractivity contribution in [3.8, 4) is 0 Å². The van der Waals surface area contributed by atoms with Crippen LogP contribution < -0.4 is 0 Å². The molecule has 3 nitrogen and oxygen atoms in total. The molecule has 2 fully saturated rings. The van der Waals surface area contributed by atoms with E-state index in [1.165, 1.54) is 6.42 Å². The van der Waals surface area contributed by atoms with Crippen molar-refractivity contribution in [2.75, 3.05) is 6.79 Å². The summed E-state index contributed by atoms with van der Waals surface area (Å²) in [6, 6.07) is 0. The first kappa shape index (κ1) is 7.28. The average molecular weight is 156 g/mol. The third-order valence-corrected chi connectivity index (χ3v) is 2.31. The van der Waals surface area contributed by atoms with Gasteiger partial charge in [-0.15, -0.1) is 0 Å². The Bertz CT molecular complexity index is 170. The molecule has 1 heterocycles. The number of rotatable bonds is 0. The van der Waals surface area contributed by atoms with Gasteiger partial charge in [-0.05, 0) is 24.8 Å². The van der Waals surface area contributed by atoms with E-state index in [2.05, 4.69) is 6.58 Å². The molecule has 0 amide bonds. The van der Waals surface area contributed by atoms with Crippen LogP contribution >= 0.6 is 0 Å². The summed E-state index contributed by atoms with van der Waals surface area (Å²) in [6.07, 6.45) is 4.19. The number of hydrogen-bond acceptors (Lipinski definition) is 3. The summed E-state index contributed by atoms with van der Waals surface area (Å²) < 4.78 is 5.35. The number of hydrogen-bond donors (Lipinski definition) is 0. The molecule has 0 aromatic rings. The molecule has 1 unspecified atom stereocenters. The van der Waals surface area contributed by atoms with E-state index in [1.807, 2.05) is 0 Å². The zero-order valence-electron chi connectivity index (χ0n) is 6.47. The van der Waals surface area contributed by atoms with E-state index in [4.69, 9.17) is 14.5 Å². The summed E-state index contributed by atoms with van der Waals surface area (Å²) in [6.45, 7) is 4.15. The van der Waals surface area contributed by atoms with Gasteiger partial charge in [-0.2, -0.15) is 4.89 Å². The zero-order chi connectivity index (χ0) is 7.73. The third kappa shape index (κ3) is 1.09. The van der Waals surface area contributed by atoms with Gasteiger partial charge in [-0.1, -0.05) is 6.58 Å². The van der Waals surface area contributed by atoms with E-state index in [-0.39, 0.29) is 6.79 Å². The van der Waals surface area contributed by atoms with Crippen LogP contribution in [0.2, 0.25) is 0 Å². The van der Waals surface area contributed by atoms with E-state index < -0.39 is 5.79 Å². The fourth-order valence-corrected chi connectivity index (χ4v) is 1.60. The highest BCUT2D eigenvalue weighted by molar-refractivity contribution is 5.11. The maximum absolute atomic E-state index is 5.35. The van der Waals surface area contributed by atoms with Crippen molar-refractivity contribution >= 4 is 0 Å². The molecular formula is C8H12O3. The Morgan fingerprint density at radius 2 is 2.27 bits per heavy atom. The fraction of sp³-hybridized carbons (Fsp3) is 0.750. The summed E-state index contributed by atoms with van der Waals surface area (Å²) in [4.78, 5) is 9.80. The lowest BCUT2D eigenvalue weighted by Crippen LogP contribution is -2.34. The highest BCUT2D eigenvalue weighted by Crippen LogP contribution is 2.39. The second-order valence-corrected chi connectivity index (χ2v) is 3.03. The molecule has 1 saturated heterocycles. The first-order chi connectivity index (χ1) is 5.33. The molecule has 0 aromatic carbocycles. The highest BCUT2D eigenvalue weighted by Gasteiger charge is 2.42. The van der Waals surface area contributed by atoms with Crippen molar-refractivity contribution in [3.63, 3.8) is 0 Å². The van der Waals surface area contributed by atoms with Crippen LogP contribution in [0.25, 0.3) is 0 Å². The summed E-state index contributed by atoms with van der Waals surface area (Å²) in [5, 5.41) is 0. The van der Waals surface area contributed by atoms with Gasteiger partial charge >= 0.3 is 0 Å². The van der Waals surface area contributed by atoms with E-state index in [0.717, 1.165) is 24.8 Å². The molecule has 62 valence electrons. The zero-order valence-corrected chi connectivity index (χ0v) is 6.47. The van der Waals surface area contributed by atoms with E-state index in [1.54, 1.807) is 0 Å². The predicted octanol–water partition coefficient (Wildman–Crippen LogP) is 1.75. The molecular weight excluding hydrogens is 144 g/mol. The van der Waals surface area contributed by atoms with Gasteiger partial charge in [-0.25, -0.2) is 4.89 Å². The second kappa shape index (κ2) is 2.59. The topological polar surface area (TPSA) is 27.7 Å². The standard InChI is InChI=1S/C8H12O3/c1-7-4-2-3-5-8(7)9-6-10-11-8/h1-6H2. The molecule has 1 atom stereocenters. The third-order valence-electron chi connectivity index (χ3n) is 2.31. The smallest absolute Gasteiger partial charge is 0.225 e. The first-order valence-electron chi connectivity index (χ1n) is 3.96. The Kier molecular flexibility index (Phi) is 1.71. The normalized spacial score (nSPS) is 38.4. The predicted molar refractivity (Wildman–Crippen MR) is 38.5 cm³/mol. The molecule has 1 spiro atoms. The molecule has 0 bridgehead atoms. The lowest BCUT2D eigenvalue weighted by Gasteiger charge is -2.30. The molecule has 11 heavy (non-hydrogen) atoms. The Labute approximate surface area is 65.9 Å². The minimum Gasteiger partial charge on any atom is -0.314 e. The molecule has 0 radical (unpaired) electrons. The lowest BCUT2D eigenvalue weighted by atomic mass is 9.90. The Morgan fingerprint density at radius 1 is 1.36 bits per heavy atom. The summed E-state index contributed by atoms with van der Waals surface area (Å²) in [7, 11) is 0. The maximum atomic E-state index is 5.35. The molecule has 1 aliphatic carbocycles. The Balaban J connectivity index is 2.13. The van der Waals surface area contributed by atoms with Crippen molar-refractivity contribution in [3.05, 3.63) is 12.2 Å².